The number of fused-ring (bicyclic) bond motifs is 2. The van der Waals surface area contributed by atoms with E-state index in [1.165, 1.54) is 11.1 Å². The molecule has 0 aliphatic carbocycles. The summed E-state index contributed by atoms with van der Waals surface area (Å²) in [5, 5.41) is 0. The van der Waals surface area contributed by atoms with Gasteiger partial charge in [-0.3, -0.25) is 9.59 Å². The maximum absolute atomic E-state index is 12.9. The Bertz CT molecular complexity index is 740. The van der Waals surface area contributed by atoms with Crippen LogP contribution in [-0.4, -0.2) is 61.5 Å². The molecule has 0 N–H and O–H groups in total. The van der Waals surface area contributed by atoms with Gasteiger partial charge in [-0.15, -0.1) is 0 Å². The number of methoxy groups -OCH3 is 1. The van der Waals surface area contributed by atoms with Crippen molar-refractivity contribution in [3.63, 3.8) is 0 Å². The molecule has 1 aromatic carbocycles. The Labute approximate surface area is 160 Å². The Hall–Kier alpha value is -2.08. The summed E-state index contributed by atoms with van der Waals surface area (Å²) in [4.78, 5) is 28.6. The molecule has 6 heteroatoms. The first-order valence-electron chi connectivity index (χ1n) is 9.94. The van der Waals surface area contributed by atoms with E-state index in [0.29, 0.717) is 39.2 Å². The molecule has 1 unspecified atom stereocenters. The Morgan fingerprint density at radius 3 is 2.78 bits per heavy atom. The van der Waals surface area contributed by atoms with Crippen LogP contribution in [0.5, 0.6) is 5.75 Å². The number of ether oxygens (including phenoxy) is 2. The van der Waals surface area contributed by atoms with Gasteiger partial charge in [0.05, 0.1) is 25.2 Å². The molecule has 2 saturated heterocycles. The number of carbonyl (C=O) groups is 2. The molecule has 0 saturated carbocycles. The van der Waals surface area contributed by atoms with E-state index in [0.717, 1.165) is 25.0 Å². The fraction of sp³-hybridized carbons (Fsp3) is 0.619. The quantitative estimate of drug-likeness (QED) is 0.814. The average molecular weight is 372 g/mol. The zero-order chi connectivity index (χ0) is 19.0. The lowest BCUT2D eigenvalue weighted by molar-refractivity contribution is -0.144. The number of benzene rings is 1. The Morgan fingerprint density at radius 2 is 2.11 bits per heavy atom. The minimum Gasteiger partial charge on any atom is -0.497 e. The third kappa shape index (κ3) is 3.20. The van der Waals surface area contributed by atoms with Crippen LogP contribution in [0, 0.1) is 5.92 Å². The van der Waals surface area contributed by atoms with Crippen molar-refractivity contribution in [2.45, 2.75) is 38.2 Å². The van der Waals surface area contributed by atoms with Gasteiger partial charge in [0.2, 0.25) is 11.8 Å². The second-order valence-electron chi connectivity index (χ2n) is 7.77. The van der Waals surface area contributed by atoms with Crippen LogP contribution in [0.2, 0.25) is 0 Å². The summed E-state index contributed by atoms with van der Waals surface area (Å²) in [5.41, 5.74) is 2.24. The van der Waals surface area contributed by atoms with Crippen LogP contribution in [0.3, 0.4) is 0 Å². The number of amides is 2. The van der Waals surface area contributed by atoms with Gasteiger partial charge in [0.15, 0.2) is 0 Å². The molecule has 6 nitrogen and oxygen atoms in total. The molecule has 146 valence electrons. The molecule has 3 aliphatic heterocycles. The molecule has 1 atom stereocenters. The van der Waals surface area contributed by atoms with Crippen molar-refractivity contribution in [2.75, 3.05) is 39.9 Å². The molecule has 1 aromatic rings. The van der Waals surface area contributed by atoms with Crippen molar-refractivity contribution in [2.24, 2.45) is 5.92 Å². The monoisotopic (exact) mass is 372 g/mol. The molecule has 3 aliphatic rings. The minimum absolute atomic E-state index is 0.0998. The number of likely N-dealkylation sites (tertiary alicyclic amines) is 2. The van der Waals surface area contributed by atoms with Gasteiger partial charge in [0.25, 0.3) is 0 Å². The number of rotatable bonds is 3. The number of nitrogens with zero attached hydrogens (tertiary/aromatic N) is 2. The molecule has 3 heterocycles. The highest BCUT2D eigenvalue weighted by Gasteiger charge is 2.43. The lowest BCUT2D eigenvalue weighted by atomic mass is 9.79. The molecule has 27 heavy (non-hydrogen) atoms. The van der Waals surface area contributed by atoms with Gasteiger partial charge in [-0.25, -0.2) is 0 Å². The molecular weight excluding hydrogens is 344 g/mol. The zero-order valence-electron chi connectivity index (χ0n) is 16.2. The first-order valence-corrected chi connectivity index (χ1v) is 9.94. The third-order valence-electron chi connectivity index (χ3n) is 6.38. The van der Waals surface area contributed by atoms with E-state index in [1.807, 2.05) is 17.9 Å². The lowest BCUT2D eigenvalue weighted by Crippen LogP contribution is -2.50. The maximum atomic E-state index is 12.9. The molecule has 0 aromatic heterocycles. The van der Waals surface area contributed by atoms with Crippen LogP contribution in [-0.2, 0) is 26.3 Å². The van der Waals surface area contributed by atoms with Crippen LogP contribution in [0.25, 0.3) is 0 Å². The first-order chi connectivity index (χ1) is 13.1. The van der Waals surface area contributed by atoms with E-state index < -0.39 is 0 Å². The number of hydrogen-bond donors (Lipinski definition) is 0. The summed E-state index contributed by atoms with van der Waals surface area (Å²) in [5.74, 6) is 0.919. The topological polar surface area (TPSA) is 59.1 Å². The summed E-state index contributed by atoms with van der Waals surface area (Å²) in [6.07, 6.45) is 2.86. The van der Waals surface area contributed by atoms with Crippen molar-refractivity contribution in [1.82, 2.24) is 9.80 Å². The summed E-state index contributed by atoms with van der Waals surface area (Å²) in [6.45, 7) is 5.27. The normalized spacial score (nSPS) is 24.2. The third-order valence-corrected chi connectivity index (χ3v) is 6.38. The van der Waals surface area contributed by atoms with E-state index in [-0.39, 0.29) is 23.3 Å². The Morgan fingerprint density at radius 1 is 1.33 bits per heavy atom. The van der Waals surface area contributed by atoms with Crippen molar-refractivity contribution < 1.29 is 19.1 Å². The standard InChI is InChI=1S/C21H28N2O4/c1-3-22-14-16(13-19(22)24)20(25)23-9-7-21(8-10-23)18-5-4-17(26-2)12-15(18)6-11-27-21/h4-5,12,16H,3,6-11,13-14H2,1-2H3. The lowest BCUT2D eigenvalue weighted by Gasteiger charge is -2.45. The van der Waals surface area contributed by atoms with Crippen LogP contribution in [0.4, 0.5) is 0 Å². The molecule has 4 rings (SSSR count). The largest absolute Gasteiger partial charge is 0.497 e. The molecular formula is C21H28N2O4. The van der Waals surface area contributed by atoms with Gasteiger partial charge in [-0.2, -0.15) is 0 Å². The summed E-state index contributed by atoms with van der Waals surface area (Å²) in [6, 6.07) is 6.23. The fourth-order valence-electron chi connectivity index (χ4n) is 4.79. The van der Waals surface area contributed by atoms with Crippen molar-refractivity contribution >= 4 is 11.8 Å². The predicted octanol–water partition coefficient (Wildman–Crippen LogP) is 1.95. The predicted molar refractivity (Wildman–Crippen MR) is 101 cm³/mol. The van der Waals surface area contributed by atoms with Crippen molar-refractivity contribution in [3.8, 4) is 5.75 Å². The number of carbonyl (C=O) groups excluding carboxylic acids is 2. The maximum Gasteiger partial charge on any atom is 0.227 e. The van der Waals surface area contributed by atoms with Crippen LogP contribution < -0.4 is 4.74 Å². The van der Waals surface area contributed by atoms with Crippen molar-refractivity contribution in [3.05, 3.63) is 29.3 Å². The Kier molecular flexibility index (Phi) is 4.84. The molecule has 2 amide bonds. The fourth-order valence-corrected chi connectivity index (χ4v) is 4.79. The highest BCUT2D eigenvalue weighted by Crippen LogP contribution is 2.42. The second kappa shape index (κ2) is 7.15. The second-order valence-corrected chi connectivity index (χ2v) is 7.77. The van der Waals surface area contributed by atoms with Gasteiger partial charge < -0.3 is 19.3 Å². The summed E-state index contributed by atoms with van der Waals surface area (Å²) >= 11 is 0. The van der Waals surface area contributed by atoms with E-state index >= 15 is 0 Å². The van der Waals surface area contributed by atoms with Gasteiger partial charge in [-0.1, -0.05) is 6.07 Å². The van der Waals surface area contributed by atoms with Crippen LogP contribution in [0.15, 0.2) is 18.2 Å². The average Bonchev–Trinajstić information content (AvgIpc) is 3.08. The van der Waals surface area contributed by atoms with Gasteiger partial charge in [-0.05, 0) is 49.4 Å². The van der Waals surface area contributed by atoms with E-state index in [1.54, 1.807) is 12.0 Å². The Balaban J connectivity index is 1.45. The van der Waals surface area contributed by atoms with Crippen molar-refractivity contribution in [1.29, 1.82) is 0 Å². The van der Waals surface area contributed by atoms with Gasteiger partial charge in [0.1, 0.15) is 5.75 Å². The van der Waals surface area contributed by atoms with Crippen LogP contribution in [0.1, 0.15) is 37.3 Å². The zero-order valence-corrected chi connectivity index (χ0v) is 16.2. The molecule has 0 radical (unpaired) electrons. The highest BCUT2D eigenvalue weighted by molar-refractivity contribution is 5.89. The minimum atomic E-state index is -0.294. The smallest absolute Gasteiger partial charge is 0.227 e. The van der Waals surface area contributed by atoms with Gasteiger partial charge >= 0.3 is 0 Å². The molecule has 0 bridgehead atoms. The SMILES string of the molecule is CCN1CC(C(=O)N2CCC3(CC2)OCCc2cc(OC)ccc23)CC1=O. The number of hydrogen-bond acceptors (Lipinski definition) is 4. The van der Waals surface area contributed by atoms with E-state index in [9.17, 15) is 9.59 Å². The van der Waals surface area contributed by atoms with E-state index in [2.05, 4.69) is 12.1 Å². The molecule has 1 spiro atoms. The van der Waals surface area contributed by atoms with Crippen LogP contribution >= 0.6 is 0 Å². The summed E-state index contributed by atoms with van der Waals surface area (Å²) < 4.78 is 11.6. The highest BCUT2D eigenvalue weighted by atomic mass is 16.5. The number of piperidine rings is 1. The van der Waals surface area contributed by atoms with E-state index in [4.69, 9.17) is 9.47 Å². The molecule has 2 fully saturated rings. The summed E-state index contributed by atoms with van der Waals surface area (Å²) in [7, 11) is 1.69. The first kappa shape index (κ1) is 18.3. The van der Waals surface area contributed by atoms with Gasteiger partial charge in [0, 0.05) is 32.6 Å².